The molecule has 1 unspecified atom stereocenters. The minimum Gasteiger partial charge on any atom is -0.507 e. The van der Waals surface area contributed by atoms with Crippen LogP contribution in [0.4, 0.5) is 11.5 Å². The lowest BCUT2D eigenvalue weighted by molar-refractivity contribution is -0.136. The molecule has 218 valence electrons. The average molecular weight is 557 g/mol. The lowest BCUT2D eigenvalue weighted by Gasteiger charge is -2.64. The molecule has 3 N–H and O–H groups in total. The third-order valence-corrected chi connectivity index (χ3v) is 12.1. The van der Waals surface area contributed by atoms with Gasteiger partial charge in [-0.1, -0.05) is 12.1 Å². The Kier molecular flexibility index (Phi) is 5.67. The first-order valence-electron chi connectivity index (χ1n) is 16.2. The Labute approximate surface area is 243 Å². The molecule has 2 aromatic rings. The summed E-state index contributed by atoms with van der Waals surface area (Å²) < 4.78 is 0. The monoisotopic (exact) mass is 556 g/mol. The van der Waals surface area contributed by atoms with Crippen LogP contribution < -0.4 is 15.5 Å². The van der Waals surface area contributed by atoms with Gasteiger partial charge in [0.25, 0.3) is 0 Å². The number of fused-ring (bicyclic) bond motifs is 3. The van der Waals surface area contributed by atoms with Gasteiger partial charge < -0.3 is 25.5 Å². The summed E-state index contributed by atoms with van der Waals surface area (Å²) in [7, 11) is 0. The van der Waals surface area contributed by atoms with Crippen molar-refractivity contribution >= 4 is 11.5 Å². The molecule has 41 heavy (non-hydrogen) atoms. The normalized spacial score (nSPS) is 31.4. The van der Waals surface area contributed by atoms with Gasteiger partial charge in [0.15, 0.2) is 5.82 Å². The molecule has 9 heteroatoms. The van der Waals surface area contributed by atoms with Gasteiger partial charge in [-0.05, 0) is 80.6 Å². The van der Waals surface area contributed by atoms with E-state index in [9.17, 15) is 5.11 Å². The van der Waals surface area contributed by atoms with Crippen LogP contribution in [0.3, 0.4) is 0 Å². The maximum atomic E-state index is 10.3. The lowest BCUT2D eigenvalue weighted by atomic mass is 9.59. The van der Waals surface area contributed by atoms with Crippen LogP contribution in [-0.4, -0.2) is 120 Å². The van der Waals surface area contributed by atoms with Gasteiger partial charge in [-0.3, -0.25) is 9.80 Å². The number of aromatic nitrogens is 2. The number of phenolic OH excluding ortho intramolecular Hbond substituents is 1. The number of nitrogens with zero attached hydrogens (tertiary/aromatic N) is 6. The number of para-hydroxylation sites is 1. The Hall–Kier alpha value is -2.46. The molecular formula is C32H44N8O. The molecule has 0 radical (unpaired) electrons. The van der Waals surface area contributed by atoms with Crippen LogP contribution in [0.1, 0.15) is 38.5 Å². The molecule has 2 aliphatic carbocycles. The van der Waals surface area contributed by atoms with Gasteiger partial charge in [0.05, 0.1) is 17.4 Å². The predicted molar refractivity (Wildman–Crippen MR) is 160 cm³/mol. The second-order valence-corrected chi connectivity index (χ2v) is 14.6. The molecule has 5 aliphatic heterocycles. The molecule has 2 spiro atoms. The number of benzene rings is 1. The zero-order valence-electron chi connectivity index (χ0n) is 24.1. The quantitative estimate of drug-likeness (QED) is 0.526. The van der Waals surface area contributed by atoms with Crippen molar-refractivity contribution in [3.63, 3.8) is 0 Å². The second kappa shape index (κ2) is 9.27. The van der Waals surface area contributed by atoms with Crippen molar-refractivity contribution in [3.05, 3.63) is 30.3 Å². The number of likely N-dealkylation sites (tertiary alicyclic amines) is 2. The van der Waals surface area contributed by atoms with Gasteiger partial charge in [-0.2, -0.15) is 0 Å². The largest absolute Gasteiger partial charge is 0.507 e. The molecule has 6 heterocycles. The fourth-order valence-electron chi connectivity index (χ4n) is 9.58. The summed E-state index contributed by atoms with van der Waals surface area (Å²) in [6, 6.07) is 12.4. The minimum absolute atomic E-state index is 0.249. The maximum Gasteiger partial charge on any atom is 0.172 e. The van der Waals surface area contributed by atoms with E-state index < -0.39 is 0 Å². The highest BCUT2D eigenvalue weighted by Gasteiger charge is 2.56. The van der Waals surface area contributed by atoms with Gasteiger partial charge in [-0.15, -0.1) is 10.2 Å². The number of piperazine rings is 1. The number of rotatable bonds is 4. The Morgan fingerprint density at radius 3 is 2.29 bits per heavy atom. The van der Waals surface area contributed by atoms with E-state index in [4.69, 9.17) is 0 Å². The van der Waals surface area contributed by atoms with Gasteiger partial charge in [0, 0.05) is 76.0 Å². The molecule has 1 aromatic carbocycles. The molecule has 9 nitrogen and oxygen atoms in total. The number of piperidine rings is 1. The first-order valence-corrected chi connectivity index (χ1v) is 16.2. The molecule has 6 fully saturated rings. The SMILES string of the molecule is Oc1ccccc1-c1cc2c(nn1)NCC1CN(C3CC4(C3)CN(C3CCN(C5CC6(CNC6)C5)CC3)C4)CCN21. The van der Waals surface area contributed by atoms with Crippen molar-refractivity contribution in [2.75, 3.05) is 75.7 Å². The van der Waals surface area contributed by atoms with Crippen LogP contribution >= 0.6 is 0 Å². The van der Waals surface area contributed by atoms with E-state index in [2.05, 4.69) is 46.5 Å². The number of nitrogens with one attached hydrogen (secondary N) is 2. The Bertz CT molecular complexity index is 1300. The van der Waals surface area contributed by atoms with Gasteiger partial charge in [-0.25, -0.2) is 0 Å². The molecule has 1 atom stereocenters. The van der Waals surface area contributed by atoms with Gasteiger partial charge in [0.1, 0.15) is 5.75 Å². The zero-order chi connectivity index (χ0) is 27.2. The van der Waals surface area contributed by atoms with E-state index in [-0.39, 0.29) is 5.75 Å². The second-order valence-electron chi connectivity index (χ2n) is 14.6. The molecule has 1 aromatic heterocycles. The number of phenols is 1. The molecule has 0 bridgehead atoms. The minimum atomic E-state index is 0.249. The van der Waals surface area contributed by atoms with E-state index in [0.29, 0.717) is 16.9 Å². The van der Waals surface area contributed by atoms with E-state index in [1.807, 2.05) is 18.2 Å². The third kappa shape index (κ3) is 4.10. The van der Waals surface area contributed by atoms with Crippen molar-refractivity contribution in [1.29, 1.82) is 0 Å². The first-order chi connectivity index (χ1) is 20.1. The Morgan fingerprint density at radius 2 is 1.54 bits per heavy atom. The molecule has 2 saturated carbocycles. The zero-order valence-corrected chi connectivity index (χ0v) is 24.1. The average Bonchev–Trinajstić information content (AvgIpc) is 2.90. The number of hydrogen-bond donors (Lipinski definition) is 3. The van der Waals surface area contributed by atoms with E-state index in [1.165, 1.54) is 77.8 Å². The van der Waals surface area contributed by atoms with Gasteiger partial charge >= 0.3 is 0 Å². The van der Waals surface area contributed by atoms with Crippen molar-refractivity contribution in [2.24, 2.45) is 10.8 Å². The van der Waals surface area contributed by atoms with Crippen molar-refractivity contribution in [2.45, 2.75) is 62.7 Å². The summed E-state index contributed by atoms with van der Waals surface area (Å²) in [5.41, 5.74) is 3.90. The third-order valence-electron chi connectivity index (χ3n) is 12.1. The summed E-state index contributed by atoms with van der Waals surface area (Å²) in [6.45, 7) is 12.1. The maximum absolute atomic E-state index is 10.3. The fraction of sp³-hybridized carbons (Fsp3) is 0.688. The number of anilines is 2. The summed E-state index contributed by atoms with van der Waals surface area (Å²) >= 11 is 0. The van der Waals surface area contributed by atoms with Crippen LogP contribution in [0.25, 0.3) is 11.3 Å². The highest BCUT2D eigenvalue weighted by molar-refractivity contribution is 5.76. The predicted octanol–water partition coefficient (Wildman–Crippen LogP) is 2.45. The fourth-order valence-corrected chi connectivity index (χ4v) is 9.58. The van der Waals surface area contributed by atoms with E-state index in [0.717, 1.165) is 67.1 Å². The molecular weight excluding hydrogens is 512 g/mol. The van der Waals surface area contributed by atoms with Crippen LogP contribution in [-0.2, 0) is 0 Å². The van der Waals surface area contributed by atoms with Crippen LogP contribution in [0.15, 0.2) is 30.3 Å². The highest BCUT2D eigenvalue weighted by Crippen LogP contribution is 2.52. The van der Waals surface area contributed by atoms with Crippen LogP contribution in [0.5, 0.6) is 5.75 Å². The Balaban J connectivity index is 0.766. The molecule has 4 saturated heterocycles. The van der Waals surface area contributed by atoms with Crippen molar-refractivity contribution in [3.8, 4) is 17.0 Å². The summed E-state index contributed by atoms with van der Waals surface area (Å²) in [5, 5.41) is 26.3. The Morgan fingerprint density at radius 1 is 0.780 bits per heavy atom. The summed E-state index contributed by atoms with van der Waals surface area (Å²) in [6.07, 6.45) is 8.44. The summed E-state index contributed by atoms with van der Waals surface area (Å²) in [4.78, 5) is 11.0. The first kappa shape index (κ1) is 25.1. The van der Waals surface area contributed by atoms with E-state index in [1.54, 1.807) is 6.07 Å². The molecule has 9 rings (SSSR count). The van der Waals surface area contributed by atoms with Gasteiger partial charge in [0.2, 0.25) is 0 Å². The van der Waals surface area contributed by atoms with Crippen molar-refractivity contribution < 1.29 is 5.11 Å². The molecule has 0 amide bonds. The van der Waals surface area contributed by atoms with Crippen LogP contribution in [0, 0.1) is 10.8 Å². The smallest absolute Gasteiger partial charge is 0.172 e. The topological polar surface area (TPSA) is 83.0 Å². The van der Waals surface area contributed by atoms with Crippen LogP contribution in [0.2, 0.25) is 0 Å². The van der Waals surface area contributed by atoms with Crippen molar-refractivity contribution in [1.82, 2.24) is 30.2 Å². The molecule has 7 aliphatic rings. The standard InChI is InChI=1S/C32H44N8O/c41-29-4-2-1-3-26(29)27-11-28-30(36-35-27)34-16-25-17-38(9-10-40(25)28)24-14-32(15-24)20-39(21-32)22-5-7-37(8-6-22)23-12-31(13-23)18-33-19-31/h1-4,11,22-25,33,41H,5-10,12-21H2,(H,34,36). The number of hydrogen-bond acceptors (Lipinski definition) is 9. The number of aromatic hydroxyl groups is 1. The summed E-state index contributed by atoms with van der Waals surface area (Å²) in [5.74, 6) is 1.11. The lowest BCUT2D eigenvalue weighted by Crippen LogP contribution is -2.71. The highest BCUT2D eigenvalue weighted by atomic mass is 16.3. The van der Waals surface area contributed by atoms with E-state index >= 15 is 0 Å².